The SMILES string of the molecule is Cc1ccc(C(CN)CC(=O)N2CCC(C)CC2)cc1. The number of aryl methyl sites for hydroxylation is 1. The van der Waals surface area contributed by atoms with Crippen molar-refractivity contribution < 1.29 is 4.79 Å². The van der Waals surface area contributed by atoms with Gasteiger partial charge >= 0.3 is 0 Å². The summed E-state index contributed by atoms with van der Waals surface area (Å²) in [6.45, 7) is 6.67. The van der Waals surface area contributed by atoms with Gasteiger partial charge in [0.25, 0.3) is 0 Å². The van der Waals surface area contributed by atoms with Gasteiger partial charge in [0.2, 0.25) is 5.91 Å². The number of carbonyl (C=O) groups excluding carboxylic acids is 1. The summed E-state index contributed by atoms with van der Waals surface area (Å²) in [4.78, 5) is 14.4. The number of likely N-dealkylation sites (tertiary alicyclic amines) is 1. The molecule has 1 aromatic carbocycles. The Balaban J connectivity index is 1.95. The predicted molar refractivity (Wildman–Crippen MR) is 82.6 cm³/mol. The Kier molecular flexibility index (Phi) is 5.18. The zero-order valence-corrected chi connectivity index (χ0v) is 12.6. The Morgan fingerprint density at radius 2 is 1.90 bits per heavy atom. The van der Waals surface area contributed by atoms with Gasteiger partial charge in [-0.3, -0.25) is 4.79 Å². The van der Waals surface area contributed by atoms with Crippen LogP contribution in [-0.4, -0.2) is 30.4 Å². The largest absolute Gasteiger partial charge is 0.343 e. The van der Waals surface area contributed by atoms with Gasteiger partial charge in [-0.1, -0.05) is 36.8 Å². The van der Waals surface area contributed by atoms with Crippen LogP contribution in [-0.2, 0) is 4.79 Å². The number of nitrogens with zero attached hydrogens (tertiary/aromatic N) is 1. The second-order valence-corrected chi connectivity index (χ2v) is 6.11. The minimum atomic E-state index is 0.141. The van der Waals surface area contributed by atoms with E-state index >= 15 is 0 Å². The normalized spacial score (nSPS) is 18.1. The molecule has 1 heterocycles. The van der Waals surface area contributed by atoms with Crippen molar-refractivity contribution in [2.75, 3.05) is 19.6 Å². The molecule has 0 saturated carbocycles. The predicted octanol–water partition coefficient (Wildman–Crippen LogP) is 2.69. The Hall–Kier alpha value is -1.35. The molecule has 1 aliphatic heterocycles. The highest BCUT2D eigenvalue weighted by atomic mass is 16.2. The Morgan fingerprint density at radius 1 is 1.30 bits per heavy atom. The molecule has 1 unspecified atom stereocenters. The van der Waals surface area contributed by atoms with Gasteiger partial charge in [-0.25, -0.2) is 0 Å². The third kappa shape index (κ3) is 3.83. The van der Waals surface area contributed by atoms with Crippen LogP contribution in [0.2, 0.25) is 0 Å². The van der Waals surface area contributed by atoms with Crippen LogP contribution in [0.1, 0.15) is 43.2 Å². The zero-order valence-electron chi connectivity index (χ0n) is 12.6. The lowest BCUT2D eigenvalue weighted by molar-refractivity contribution is -0.132. The van der Waals surface area contributed by atoms with Crippen LogP contribution >= 0.6 is 0 Å². The number of hydrogen-bond acceptors (Lipinski definition) is 2. The molecular formula is C17H26N2O. The van der Waals surface area contributed by atoms with Crippen molar-refractivity contribution in [1.29, 1.82) is 0 Å². The fourth-order valence-electron chi connectivity index (χ4n) is 2.77. The molecule has 0 radical (unpaired) electrons. The molecule has 1 aliphatic rings. The second kappa shape index (κ2) is 6.89. The van der Waals surface area contributed by atoms with Crippen LogP contribution in [0.25, 0.3) is 0 Å². The van der Waals surface area contributed by atoms with E-state index < -0.39 is 0 Å². The number of amides is 1. The highest BCUT2D eigenvalue weighted by molar-refractivity contribution is 5.77. The van der Waals surface area contributed by atoms with E-state index in [4.69, 9.17) is 5.73 Å². The van der Waals surface area contributed by atoms with Crippen molar-refractivity contribution in [2.24, 2.45) is 11.7 Å². The fourth-order valence-corrected chi connectivity index (χ4v) is 2.77. The molecular weight excluding hydrogens is 248 g/mol. The van der Waals surface area contributed by atoms with E-state index in [1.54, 1.807) is 0 Å². The van der Waals surface area contributed by atoms with Crippen LogP contribution < -0.4 is 5.73 Å². The molecule has 1 fully saturated rings. The highest BCUT2D eigenvalue weighted by Gasteiger charge is 2.23. The van der Waals surface area contributed by atoms with E-state index in [0.717, 1.165) is 31.8 Å². The second-order valence-electron chi connectivity index (χ2n) is 6.11. The molecule has 3 heteroatoms. The van der Waals surface area contributed by atoms with Gasteiger partial charge in [-0.2, -0.15) is 0 Å². The summed E-state index contributed by atoms with van der Waals surface area (Å²) in [6, 6.07) is 8.37. The molecule has 0 aromatic heterocycles. The minimum Gasteiger partial charge on any atom is -0.343 e. The van der Waals surface area contributed by atoms with Crippen LogP contribution in [0.15, 0.2) is 24.3 Å². The molecule has 2 N–H and O–H groups in total. The molecule has 0 aliphatic carbocycles. The molecule has 3 nitrogen and oxygen atoms in total. The molecule has 1 amide bonds. The topological polar surface area (TPSA) is 46.3 Å². The Labute approximate surface area is 122 Å². The fraction of sp³-hybridized carbons (Fsp3) is 0.588. The van der Waals surface area contributed by atoms with Gasteiger partial charge in [0.15, 0.2) is 0 Å². The van der Waals surface area contributed by atoms with Crippen LogP contribution in [0.3, 0.4) is 0 Å². The first-order valence-electron chi connectivity index (χ1n) is 7.64. The molecule has 0 spiro atoms. The summed E-state index contributed by atoms with van der Waals surface area (Å²) >= 11 is 0. The lowest BCUT2D eigenvalue weighted by Gasteiger charge is -2.31. The van der Waals surface area contributed by atoms with Gasteiger partial charge < -0.3 is 10.6 Å². The summed E-state index contributed by atoms with van der Waals surface area (Å²) in [5.74, 6) is 1.15. The molecule has 1 atom stereocenters. The van der Waals surface area contributed by atoms with Crippen molar-refractivity contribution in [3.63, 3.8) is 0 Å². The van der Waals surface area contributed by atoms with Crippen LogP contribution in [0.5, 0.6) is 0 Å². The van der Waals surface area contributed by atoms with E-state index in [0.29, 0.717) is 13.0 Å². The van der Waals surface area contributed by atoms with Crippen molar-refractivity contribution >= 4 is 5.91 Å². The van der Waals surface area contributed by atoms with Gasteiger partial charge in [0.05, 0.1) is 0 Å². The first kappa shape index (κ1) is 15.0. The molecule has 0 bridgehead atoms. The highest BCUT2D eigenvalue weighted by Crippen LogP contribution is 2.22. The number of rotatable bonds is 4. The summed E-state index contributed by atoms with van der Waals surface area (Å²) < 4.78 is 0. The number of benzene rings is 1. The third-order valence-electron chi connectivity index (χ3n) is 4.39. The maximum Gasteiger partial charge on any atom is 0.223 e. The summed E-state index contributed by atoms with van der Waals surface area (Å²) in [5, 5.41) is 0. The first-order chi connectivity index (χ1) is 9.60. The first-order valence-corrected chi connectivity index (χ1v) is 7.64. The van der Waals surface area contributed by atoms with E-state index in [1.807, 2.05) is 4.90 Å². The van der Waals surface area contributed by atoms with E-state index in [2.05, 4.69) is 38.1 Å². The minimum absolute atomic E-state index is 0.141. The van der Waals surface area contributed by atoms with E-state index in [-0.39, 0.29) is 11.8 Å². The Bertz CT molecular complexity index is 433. The maximum absolute atomic E-state index is 12.4. The molecule has 20 heavy (non-hydrogen) atoms. The quantitative estimate of drug-likeness (QED) is 0.917. The van der Waals surface area contributed by atoms with Gasteiger partial charge in [-0.05, 0) is 37.8 Å². The number of hydrogen-bond donors (Lipinski definition) is 1. The monoisotopic (exact) mass is 274 g/mol. The van der Waals surface area contributed by atoms with Crippen molar-refractivity contribution in [3.8, 4) is 0 Å². The van der Waals surface area contributed by atoms with Crippen LogP contribution in [0.4, 0.5) is 0 Å². The average molecular weight is 274 g/mol. The zero-order chi connectivity index (χ0) is 14.5. The van der Waals surface area contributed by atoms with Gasteiger partial charge in [0, 0.05) is 25.4 Å². The van der Waals surface area contributed by atoms with Crippen molar-refractivity contribution in [2.45, 2.75) is 39.0 Å². The smallest absolute Gasteiger partial charge is 0.223 e. The van der Waals surface area contributed by atoms with Gasteiger partial charge in [0.1, 0.15) is 0 Å². The molecule has 110 valence electrons. The van der Waals surface area contributed by atoms with Gasteiger partial charge in [-0.15, -0.1) is 0 Å². The lowest BCUT2D eigenvalue weighted by atomic mass is 9.93. The molecule has 2 rings (SSSR count). The van der Waals surface area contributed by atoms with Crippen molar-refractivity contribution in [1.82, 2.24) is 4.90 Å². The Morgan fingerprint density at radius 3 is 2.45 bits per heavy atom. The average Bonchev–Trinajstić information content (AvgIpc) is 2.46. The summed E-state index contributed by atoms with van der Waals surface area (Å²) in [6.07, 6.45) is 2.79. The lowest BCUT2D eigenvalue weighted by Crippen LogP contribution is -2.39. The number of nitrogens with two attached hydrogens (primary N) is 1. The van der Waals surface area contributed by atoms with Crippen LogP contribution in [0, 0.1) is 12.8 Å². The maximum atomic E-state index is 12.4. The third-order valence-corrected chi connectivity index (χ3v) is 4.39. The molecule has 1 saturated heterocycles. The van der Waals surface area contributed by atoms with E-state index in [1.165, 1.54) is 11.1 Å². The summed E-state index contributed by atoms with van der Waals surface area (Å²) in [7, 11) is 0. The molecule has 1 aromatic rings. The van der Waals surface area contributed by atoms with E-state index in [9.17, 15) is 4.79 Å². The number of carbonyl (C=O) groups is 1. The standard InChI is InChI=1S/C17H26N2O/c1-13-3-5-15(6-4-13)16(12-18)11-17(20)19-9-7-14(2)8-10-19/h3-6,14,16H,7-12,18H2,1-2H3. The summed E-state index contributed by atoms with van der Waals surface area (Å²) in [5.41, 5.74) is 8.29. The van der Waals surface area contributed by atoms with Crippen molar-refractivity contribution in [3.05, 3.63) is 35.4 Å². The number of piperidine rings is 1.